The number of unbranched alkanes of at least 4 members (excludes halogenated alkanes) is 1. The molecule has 0 heterocycles. The number of benzene rings is 1. The molecular weight excluding hydrogens is 239 g/mol. The lowest BCUT2D eigenvalue weighted by Crippen LogP contribution is -2.11. The van der Waals surface area contributed by atoms with E-state index in [1.54, 1.807) is 0 Å². The van der Waals surface area contributed by atoms with Crippen LogP contribution >= 0.6 is 11.6 Å². The zero-order chi connectivity index (χ0) is 12.2. The van der Waals surface area contributed by atoms with Gasteiger partial charge in [-0.2, -0.15) is 13.2 Å². The molecule has 1 N–H and O–H groups in total. The van der Waals surface area contributed by atoms with Crippen LogP contribution in [0, 0.1) is 0 Å². The lowest BCUT2D eigenvalue weighted by Gasteiger charge is -2.14. The molecule has 0 atom stereocenters. The van der Waals surface area contributed by atoms with Crippen LogP contribution in [0.4, 0.5) is 18.9 Å². The van der Waals surface area contributed by atoms with E-state index in [0.29, 0.717) is 6.54 Å². The van der Waals surface area contributed by atoms with E-state index in [2.05, 4.69) is 5.32 Å². The minimum atomic E-state index is -4.38. The maximum absolute atomic E-state index is 12.6. The van der Waals surface area contributed by atoms with Crippen LogP contribution in [0.1, 0.15) is 25.3 Å². The van der Waals surface area contributed by atoms with Gasteiger partial charge in [0.1, 0.15) is 0 Å². The minimum Gasteiger partial charge on any atom is -0.385 e. The van der Waals surface area contributed by atoms with Crippen molar-refractivity contribution in [2.75, 3.05) is 11.9 Å². The molecule has 1 rings (SSSR count). The summed E-state index contributed by atoms with van der Waals surface area (Å²) in [5.74, 6) is 0. The third kappa shape index (κ3) is 3.59. The summed E-state index contributed by atoms with van der Waals surface area (Å²) in [7, 11) is 0. The summed E-state index contributed by atoms with van der Waals surface area (Å²) in [4.78, 5) is 0. The molecule has 0 spiro atoms. The standard InChI is InChI=1S/C11H13ClF3N/c1-2-3-6-16-10-5-4-8(12)7-9(10)11(13,14)15/h4-5,7,16H,2-3,6H2,1H3. The Bertz CT molecular complexity index is 350. The molecule has 5 heteroatoms. The van der Waals surface area contributed by atoms with E-state index >= 15 is 0 Å². The first-order chi connectivity index (χ1) is 7.45. The molecule has 16 heavy (non-hydrogen) atoms. The molecule has 0 saturated heterocycles. The molecule has 0 saturated carbocycles. The van der Waals surface area contributed by atoms with Gasteiger partial charge in [0.15, 0.2) is 0 Å². The predicted molar refractivity (Wildman–Crippen MR) is 59.9 cm³/mol. The van der Waals surface area contributed by atoms with Gasteiger partial charge < -0.3 is 5.32 Å². The van der Waals surface area contributed by atoms with Gasteiger partial charge in [0, 0.05) is 17.3 Å². The summed E-state index contributed by atoms with van der Waals surface area (Å²) in [6.07, 6.45) is -2.61. The fraction of sp³-hybridized carbons (Fsp3) is 0.455. The Morgan fingerprint density at radius 3 is 2.56 bits per heavy atom. The van der Waals surface area contributed by atoms with Gasteiger partial charge in [0.25, 0.3) is 0 Å². The molecule has 0 aliphatic heterocycles. The van der Waals surface area contributed by atoms with Crippen LogP contribution in [0.3, 0.4) is 0 Å². The number of hydrogen-bond acceptors (Lipinski definition) is 1. The van der Waals surface area contributed by atoms with E-state index in [9.17, 15) is 13.2 Å². The van der Waals surface area contributed by atoms with Crippen LogP contribution in [0.25, 0.3) is 0 Å². The monoisotopic (exact) mass is 251 g/mol. The topological polar surface area (TPSA) is 12.0 Å². The average molecular weight is 252 g/mol. The van der Waals surface area contributed by atoms with E-state index in [-0.39, 0.29) is 10.7 Å². The first-order valence-corrected chi connectivity index (χ1v) is 5.43. The number of halogens is 4. The zero-order valence-electron chi connectivity index (χ0n) is 8.87. The highest BCUT2D eigenvalue weighted by Gasteiger charge is 2.33. The Kier molecular flexibility index (Phi) is 4.47. The van der Waals surface area contributed by atoms with E-state index in [1.165, 1.54) is 12.1 Å². The fourth-order valence-electron chi connectivity index (χ4n) is 1.30. The Balaban J connectivity index is 2.90. The van der Waals surface area contributed by atoms with E-state index in [4.69, 9.17) is 11.6 Å². The quantitative estimate of drug-likeness (QED) is 0.773. The molecule has 1 aromatic rings. The van der Waals surface area contributed by atoms with Crippen molar-refractivity contribution in [1.82, 2.24) is 0 Å². The van der Waals surface area contributed by atoms with Crippen LogP contribution in [0.2, 0.25) is 5.02 Å². The molecule has 0 unspecified atom stereocenters. The van der Waals surface area contributed by atoms with Crippen molar-refractivity contribution < 1.29 is 13.2 Å². The molecule has 0 aliphatic rings. The first-order valence-electron chi connectivity index (χ1n) is 5.05. The summed E-state index contributed by atoms with van der Waals surface area (Å²) in [6, 6.07) is 3.75. The molecule has 90 valence electrons. The maximum atomic E-state index is 12.6. The van der Waals surface area contributed by atoms with Crippen molar-refractivity contribution in [3.63, 3.8) is 0 Å². The summed E-state index contributed by atoms with van der Waals surface area (Å²) in [6.45, 7) is 2.51. The van der Waals surface area contributed by atoms with Crippen LogP contribution in [-0.2, 0) is 6.18 Å². The van der Waals surface area contributed by atoms with Crippen LogP contribution in [0.5, 0.6) is 0 Å². The molecule has 0 radical (unpaired) electrons. The normalized spacial score (nSPS) is 11.6. The number of anilines is 1. The third-order valence-corrected chi connectivity index (χ3v) is 2.37. The van der Waals surface area contributed by atoms with Gasteiger partial charge >= 0.3 is 6.18 Å². The van der Waals surface area contributed by atoms with Gasteiger partial charge in [0.2, 0.25) is 0 Å². The van der Waals surface area contributed by atoms with Crippen molar-refractivity contribution in [3.8, 4) is 0 Å². The highest BCUT2D eigenvalue weighted by Crippen LogP contribution is 2.36. The summed E-state index contributed by atoms with van der Waals surface area (Å²) < 4.78 is 37.9. The van der Waals surface area contributed by atoms with Gasteiger partial charge in [-0.3, -0.25) is 0 Å². The van der Waals surface area contributed by atoms with Crippen molar-refractivity contribution in [2.24, 2.45) is 0 Å². The molecule has 0 bridgehead atoms. The SMILES string of the molecule is CCCCNc1ccc(Cl)cc1C(F)(F)F. The van der Waals surface area contributed by atoms with Crippen LogP contribution in [0.15, 0.2) is 18.2 Å². The van der Waals surface area contributed by atoms with Crippen LogP contribution < -0.4 is 5.32 Å². The second-order valence-corrected chi connectivity index (χ2v) is 3.90. The minimum absolute atomic E-state index is 0.0883. The number of alkyl halides is 3. The second kappa shape index (κ2) is 5.43. The van der Waals surface area contributed by atoms with Crippen molar-refractivity contribution in [1.29, 1.82) is 0 Å². The van der Waals surface area contributed by atoms with Crippen LogP contribution in [-0.4, -0.2) is 6.54 Å². The smallest absolute Gasteiger partial charge is 0.385 e. The highest BCUT2D eigenvalue weighted by molar-refractivity contribution is 6.30. The Hall–Kier alpha value is -0.900. The molecule has 1 nitrogen and oxygen atoms in total. The van der Waals surface area contributed by atoms with E-state index in [0.717, 1.165) is 18.9 Å². The average Bonchev–Trinajstić information content (AvgIpc) is 2.19. The Morgan fingerprint density at radius 2 is 2.00 bits per heavy atom. The molecule has 0 aliphatic carbocycles. The van der Waals surface area contributed by atoms with E-state index < -0.39 is 11.7 Å². The second-order valence-electron chi connectivity index (χ2n) is 3.47. The fourth-order valence-corrected chi connectivity index (χ4v) is 1.48. The molecule has 0 fully saturated rings. The predicted octanol–water partition coefficient (Wildman–Crippen LogP) is 4.57. The van der Waals surface area contributed by atoms with Gasteiger partial charge in [-0.15, -0.1) is 0 Å². The number of rotatable bonds is 4. The Labute approximate surface area is 97.6 Å². The number of nitrogens with one attached hydrogen (secondary N) is 1. The number of hydrogen-bond donors (Lipinski definition) is 1. The van der Waals surface area contributed by atoms with Gasteiger partial charge in [-0.25, -0.2) is 0 Å². The van der Waals surface area contributed by atoms with Gasteiger partial charge in [0.05, 0.1) is 5.56 Å². The third-order valence-electron chi connectivity index (χ3n) is 2.13. The molecule has 1 aromatic carbocycles. The molecular formula is C11H13ClF3N. The zero-order valence-corrected chi connectivity index (χ0v) is 9.62. The largest absolute Gasteiger partial charge is 0.418 e. The van der Waals surface area contributed by atoms with E-state index in [1.807, 2.05) is 6.92 Å². The first kappa shape index (κ1) is 13.2. The summed E-state index contributed by atoms with van der Waals surface area (Å²) >= 11 is 5.56. The Morgan fingerprint density at radius 1 is 1.31 bits per heavy atom. The summed E-state index contributed by atoms with van der Waals surface area (Å²) in [5.41, 5.74) is -0.624. The van der Waals surface area contributed by atoms with Gasteiger partial charge in [-0.1, -0.05) is 24.9 Å². The van der Waals surface area contributed by atoms with Gasteiger partial charge in [-0.05, 0) is 24.6 Å². The van der Waals surface area contributed by atoms with Crippen molar-refractivity contribution >= 4 is 17.3 Å². The van der Waals surface area contributed by atoms with Crippen molar-refractivity contribution in [3.05, 3.63) is 28.8 Å². The molecule has 0 aromatic heterocycles. The highest BCUT2D eigenvalue weighted by atomic mass is 35.5. The lowest BCUT2D eigenvalue weighted by molar-refractivity contribution is -0.136. The maximum Gasteiger partial charge on any atom is 0.418 e. The van der Waals surface area contributed by atoms with Crippen molar-refractivity contribution in [2.45, 2.75) is 25.9 Å². The summed E-state index contributed by atoms with van der Waals surface area (Å²) in [5, 5.41) is 2.86. The molecule has 0 amide bonds. The lowest BCUT2D eigenvalue weighted by atomic mass is 10.1.